The number of ether oxygens (including phenoxy) is 1. The van der Waals surface area contributed by atoms with Crippen molar-refractivity contribution in [2.45, 2.75) is 75.6 Å². The Balaban J connectivity index is 1.32. The predicted octanol–water partition coefficient (Wildman–Crippen LogP) is 2.73. The van der Waals surface area contributed by atoms with Crippen molar-refractivity contribution in [2.75, 3.05) is 18.1 Å². The molecular formula is C23H31F3N2O4S. The van der Waals surface area contributed by atoms with Crippen LogP contribution in [-0.4, -0.2) is 61.6 Å². The van der Waals surface area contributed by atoms with Crippen LogP contribution >= 0.6 is 0 Å². The van der Waals surface area contributed by atoms with Crippen molar-refractivity contribution < 1.29 is 31.1 Å². The zero-order chi connectivity index (χ0) is 23.8. The third-order valence-corrected chi connectivity index (χ3v) is 9.00. The molecule has 3 fully saturated rings. The van der Waals surface area contributed by atoms with Gasteiger partial charge in [0, 0.05) is 37.2 Å². The van der Waals surface area contributed by atoms with Gasteiger partial charge in [-0.15, -0.1) is 0 Å². The molecule has 3 aliphatic rings. The van der Waals surface area contributed by atoms with Crippen LogP contribution in [0.3, 0.4) is 0 Å². The van der Waals surface area contributed by atoms with Gasteiger partial charge in [0.2, 0.25) is 5.91 Å². The standard InChI is InChI=1S/C23H31F3N2O4S/c24-19-12-21(26)20(25)10-14(19)11-22(27)15-8-16-3-4-17(9-15)28(16)23(29)5-7-33(30,31)13-18-2-1-6-32-18/h10,12,15-18,22H,1-9,11,13,27H2/t15-,16-,17+,18?,22-/m1/s1. The van der Waals surface area contributed by atoms with Gasteiger partial charge >= 0.3 is 0 Å². The first-order valence-corrected chi connectivity index (χ1v) is 13.5. The summed E-state index contributed by atoms with van der Waals surface area (Å²) >= 11 is 0. The fourth-order valence-corrected chi connectivity index (χ4v) is 7.11. The number of rotatable bonds is 8. The summed E-state index contributed by atoms with van der Waals surface area (Å²) in [5.41, 5.74) is 6.37. The Hall–Kier alpha value is -1.65. The van der Waals surface area contributed by atoms with E-state index in [2.05, 4.69) is 0 Å². The lowest BCUT2D eigenvalue weighted by Gasteiger charge is -2.41. The van der Waals surface area contributed by atoms with E-state index in [0.29, 0.717) is 25.5 Å². The largest absolute Gasteiger partial charge is 0.377 e. The Morgan fingerprint density at radius 2 is 1.76 bits per heavy atom. The molecule has 5 atom stereocenters. The number of carbonyl (C=O) groups is 1. The molecule has 6 nitrogen and oxygen atoms in total. The fraction of sp³-hybridized carbons (Fsp3) is 0.696. The number of benzene rings is 1. The number of hydrogen-bond acceptors (Lipinski definition) is 5. The maximum absolute atomic E-state index is 14.0. The first-order valence-electron chi connectivity index (χ1n) is 11.6. The Bertz CT molecular complexity index is 970. The molecule has 184 valence electrons. The Morgan fingerprint density at radius 3 is 2.39 bits per heavy atom. The van der Waals surface area contributed by atoms with E-state index < -0.39 is 33.3 Å². The number of carbonyl (C=O) groups excluding carboxylic acids is 1. The number of hydrogen-bond donors (Lipinski definition) is 1. The van der Waals surface area contributed by atoms with Gasteiger partial charge in [0.15, 0.2) is 21.5 Å². The first kappa shape index (κ1) is 24.5. The summed E-state index contributed by atoms with van der Waals surface area (Å²) in [4.78, 5) is 14.7. The topological polar surface area (TPSA) is 89.7 Å². The van der Waals surface area contributed by atoms with Gasteiger partial charge in [-0.05, 0) is 62.5 Å². The zero-order valence-electron chi connectivity index (χ0n) is 18.5. The molecule has 0 aliphatic carbocycles. The lowest BCUT2D eigenvalue weighted by atomic mass is 9.82. The number of fused-ring (bicyclic) bond motifs is 2. The van der Waals surface area contributed by atoms with Crippen molar-refractivity contribution in [1.82, 2.24) is 4.90 Å². The van der Waals surface area contributed by atoms with Gasteiger partial charge in [-0.3, -0.25) is 4.79 Å². The van der Waals surface area contributed by atoms with E-state index in [1.165, 1.54) is 0 Å². The summed E-state index contributed by atoms with van der Waals surface area (Å²) in [6, 6.07) is 0.895. The summed E-state index contributed by atoms with van der Waals surface area (Å²) in [5.74, 6) is -3.51. The molecular weight excluding hydrogens is 457 g/mol. The van der Waals surface area contributed by atoms with Crippen molar-refractivity contribution in [3.8, 4) is 0 Å². The molecule has 3 aliphatic heterocycles. The van der Waals surface area contributed by atoms with Crippen LogP contribution in [0.5, 0.6) is 0 Å². The lowest BCUT2D eigenvalue weighted by molar-refractivity contribution is -0.136. The van der Waals surface area contributed by atoms with Crippen molar-refractivity contribution in [3.05, 3.63) is 35.1 Å². The Kier molecular flexibility index (Phi) is 7.35. The van der Waals surface area contributed by atoms with Gasteiger partial charge in [0.1, 0.15) is 5.82 Å². The van der Waals surface area contributed by atoms with Gasteiger partial charge in [0.05, 0.1) is 17.6 Å². The number of halogens is 3. The van der Waals surface area contributed by atoms with E-state index in [4.69, 9.17) is 10.5 Å². The molecule has 3 heterocycles. The Labute approximate surface area is 192 Å². The van der Waals surface area contributed by atoms with E-state index in [-0.39, 0.29) is 59.9 Å². The molecule has 0 saturated carbocycles. The van der Waals surface area contributed by atoms with Gasteiger partial charge in [0.25, 0.3) is 0 Å². The highest BCUT2D eigenvalue weighted by molar-refractivity contribution is 7.91. The molecule has 3 saturated heterocycles. The second-order valence-corrected chi connectivity index (χ2v) is 11.9. The van der Waals surface area contributed by atoms with Crippen molar-refractivity contribution in [3.63, 3.8) is 0 Å². The molecule has 10 heteroatoms. The highest BCUT2D eigenvalue weighted by atomic mass is 32.2. The summed E-state index contributed by atoms with van der Waals surface area (Å²) < 4.78 is 70.9. The van der Waals surface area contributed by atoms with Gasteiger partial charge < -0.3 is 15.4 Å². The smallest absolute Gasteiger partial charge is 0.224 e. The summed E-state index contributed by atoms with van der Waals surface area (Å²) in [6.07, 6.45) is 4.29. The SMILES string of the molecule is N[C@H](Cc1cc(F)c(F)cc1F)[C@@H]1C[C@H]2CC[C@@H](C1)N2C(=O)CCS(=O)(=O)CC1CCCO1. The average molecular weight is 489 g/mol. The molecule has 33 heavy (non-hydrogen) atoms. The van der Waals surface area contributed by atoms with Crippen LogP contribution in [0.4, 0.5) is 13.2 Å². The predicted molar refractivity (Wildman–Crippen MR) is 117 cm³/mol. The molecule has 1 aromatic rings. The highest BCUT2D eigenvalue weighted by Gasteiger charge is 2.44. The third-order valence-electron chi connectivity index (χ3n) is 7.30. The minimum absolute atomic E-state index is 0.0160. The van der Waals surface area contributed by atoms with E-state index in [1.807, 2.05) is 4.90 Å². The second kappa shape index (κ2) is 9.92. The van der Waals surface area contributed by atoms with E-state index in [1.54, 1.807) is 0 Å². The average Bonchev–Trinajstić information content (AvgIpc) is 3.35. The van der Waals surface area contributed by atoms with Crippen LogP contribution in [0.1, 0.15) is 50.5 Å². The van der Waals surface area contributed by atoms with Crippen molar-refractivity contribution in [2.24, 2.45) is 11.7 Å². The molecule has 1 aromatic carbocycles. The van der Waals surface area contributed by atoms with Gasteiger partial charge in [-0.25, -0.2) is 21.6 Å². The second-order valence-electron chi connectivity index (χ2n) is 9.64. The van der Waals surface area contributed by atoms with E-state index in [9.17, 15) is 26.4 Å². The van der Waals surface area contributed by atoms with Gasteiger partial charge in [-0.2, -0.15) is 0 Å². The molecule has 0 spiro atoms. The summed E-state index contributed by atoms with van der Waals surface area (Å²) in [5, 5.41) is 0. The zero-order valence-corrected chi connectivity index (χ0v) is 19.3. The van der Waals surface area contributed by atoms with E-state index >= 15 is 0 Å². The normalized spacial score (nSPS) is 28.3. The van der Waals surface area contributed by atoms with Crippen molar-refractivity contribution >= 4 is 15.7 Å². The summed E-state index contributed by atoms with van der Waals surface area (Å²) in [7, 11) is -3.37. The summed E-state index contributed by atoms with van der Waals surface area (Å²) in [6.45, 7) is 0.586. The van der Waals surface area contributed by atoms with Crippen LogP contribution in [0.2, 0.25) is 0 Å². The highest BCUT2D eigenvalue weighted by Crippen LogP contribution is 2.40. The molecule has 0 radical (unpaired) electrons. The van der Waals surface area contributed by atoms with Crippen LogP contribution in [-0.2, 0) is 25.8 Å². The first-order chi connectivity index (χ1) is 15.6. The number of sulfone groups is 1. The third kappa shape index (κ3) is 5.71. The molecule has 2 N–H and O–H groups in total. The van der Waals surface area contributed by atoms with Crippen LogP contribution < -0.4 is 5.73 Å². The number of nitrogens with zero attached hydrogens (tertiary/aromatic N) is 1. The van der Waals surface area contributed by atoms with Gasteiger partial charge in [-0.1, -0.05) is 0 Å². The minimum Gasteiger partial charge on any atom is -0.377 e. The monoisotopic (exact) mass is 488 g/mol. The number of amides is 1. The number of nitrogens with two attached hydrogens (primary N) is 1. The molecule has 2 bridgehead atoms. The van der Waals surface area contributed by atoms with Crippen LogP contribution in [0.25, 0.3) is 0 Å². The fourth-order valence-electron chi connectivity index (χ4n) is 5.63. The maximum atomic E-state index is 14.0. The quantitative estimate of drug-likeness (QED) is 0.569. The molecule has 0 aromatic heterocycles. The Morgan fingerprint density at radius 1 is 1.09 bits per heavy atom. The maximum Gasteiger partial charge on any atom is 0.224 e. The molecule has 4 rings (SSSR count). The minimum atomic E-state index is -3.37. The lowest BCUT2D eigenvalue weighted by Crippen LogP contribution is -2.50. The number of piperidine rings is 1. The van der Waals surface area contributed by atoms with Crippen LogP contribution in [0, 0.1) is 23.4 Å². The molecule has 1 unspecified atom stereocenters. The van der Waals surface area contributed by atoms with E-state index in [0.717, 1.165) is 31.7 Å². The van der Waals surface area contributed by atoms with Crippen LogP contribution in [0.15, 0.2) is 12.1 Å². The molecule has 1 amide bonds. The van der Waals surface area contributed by atoms with Crippen molar-refractivity contribution in [1.29, 1.82) is 0 Å².